The van der Waals surface area contributed by atoms with E-state index in [4.69, 9.17) is 9.73 Å². The van der Waals surface area contributed by atoms with Crippen LogP contribution in [0.1, 0.15) is 56.0 Å². The molecule has 6 heteroatoms. The lowest BCUT2D eigenvalue weighted by Crippen LogP contribution is -2.35. The zero-order valence-corrected chi connectivity index (χ0v) is 15.6. The highest BCUT2D eigenvalue weighted by Crippen LogP contribution is 2.45. The van der Waals surface area contributed by atoms with E-state index in [1.807, 2.05) is 29.8 Å². The third-order valence-corrected chi connectivity index (χ3v) is 6.06. The van der Waals surface area contributed by atoms with Crippen molar-refractivity contribution in [2.24, 2.45) is 4.99 Å². The van der Waals surface area contributed by atoms with Crippen molar-refractivity contribution in [2.45, 2.75) is 50.5 Å². The van der Waals surface area contributed by atoms with Crippen LogP contribution in [-0.4, -0.2) is 27.0 Å². The van der Waals surface area contributed by atoms with Gasteiger partial charge >= 0.3 is 0 Å². The summed E-state index contributed by atoms with van der Waals surface area (Å²) < 4.78 is 7.82. The maximum Gasteiger partial charge on any atom is 0.271 e. The number of nitrogens with zero attached hydrogens (tertiary/aromatic N) is 2. The van der Waals surface area contributed by atoms with Crippen LogP contribution < -0.4 is 5.56 Å². The first-order chi connectivity index (χ1) is 11.9. The van der Waals surface area contributed by atoms with Crippen molar-refractivity contribution in [2.75, 3.05) is 6.61 Å². The standard InChI is InChI=1S/C19H23N3O2S/c1-12-20-17-15(16(25-12)13-7-5-4-6-8-13)18(23)21-22(17)14-9-10-24-19(2,3)11-14/h4-8,14,16H,9-11H2,1-3H3,(H,21,23)/t14-,16+/m1/s1. The average Bonchev–Trinajstić information content (AvgIpc) is 2.91. The highest BCUT2D eigenvalue weighted by atomic mass is 32.2. The number of nitrogens with one attached hydrogen (secondary N) is 1. The van der Waals surface area contributed by atoms with Crippen LogP contribution in [0.5, 0.6) is 0 Å². The van der Waals surface area contributed by atoms with Crippen molar-refractivity contribution in [1.82, 2.24) is 9.78 Å². The fraction of sp³-hybridized carbons (Fsp3) is 0.474. The second-order valence-electron chi connectivity index (χ2n) is 7.34. The molecule has 1 aromatic heterocycles. The van der Waals surface area contributed by atoms with Crippen molar-refractivity contribution >= 4 is 22.6 Å². The van der Waals surface area contributed by atoms with Crippen LogP contribution >= 0.6 is 11.8 Å². The lowest BCUT2D eigenvalue weighted by Gasteiger charge is -2.36. The molecule has 1 saturated heterocycles. The number of hydrogen-bond acceptors (Lipinski definition) is 4. The summed E-state index contributed by atoms with van der Waals surface area (Å²) in [5, 5.41) is 4.05. The second kappa shape index (κ2) is 6.18. The van der Waals surface area contributed by atoms with Gasteiger partial charge in [0.1, 0.15) is 0 Å². The maximum atomic E-state index is 12.8. The Balaban J connectivity index is 1.80. The Kier molecular flexibility index (Phi) is 4.12. The summed E-state index contributed by atoms with van der Waals surface area (Å²) in [6.07, 6.45) is 1.75. The van der Waals surface area contributed by atoms with Crippen molar-refractivity contribution < 1.29 is 4.74 Å². The topological polar surface area (TPSA) is 59.4 Å². The SMILES string of the molecule is CC1=Nc2c(c(=O)[nH]n2[C@@H]2CCOC(C)(C)C2)[C@H](c2ccccc2)S1. The van der Waals surface area contributed by atoms with Gasteiger partial charge in [0.15, 0.2) is 5.82 Å². The summed E-state index contributed by atoms with van der Waals surface area (Å²) in [4.78, 5) is 17.5. The fourth-order valence-corrected chi connectivity index (χ4v) is 4.86. The molecule has 0 spiro atoms. The number of aliphatic imine (C=N–C) groups is 1. The van der Waals surface area contributed by atoms with Crippen molar-refractivity contribution in [3.05, 3.63) is 51.8 Å². The number of aromatic nitrogens is 2. The first-order valence-corrected chi connectivity index (χ1v) is 9.58. The number of H-pyrrole nitrogens is 1. The lowest BCUT2D eigenvalue weighted by atomic mass is 9.94. The van der Waals surface area contributed by atoms with Crippen LogP contribution in [-0.2, 0) is 4.74 Å². The molecule has 2 aromatic rings. The van der Waals surface area contributed by atoms with Crippen LogP contribution in [0.15, 0.2) is 40.1 Å². The van der Waals surface area contributed by atoms with Gasteiger partial charge in [-0.05, 0) is 39.2 Å². The molecule has 132 valence electrons. The van der Waals surface area contributed by atoms with Crippen LogP contribution in [0.3, 0.4) is 0 Å². The number of ether oxygens (including phenoxy) is 1. The minimum Gasteiger partial charge on any atom is -0.375 e. The first-order valence-electron chi connectivity index (χ1n) is 8.70. The van der Waals surface area contributed by atoms with Crippen molar-refractivity contribution in [3.8, 4) is 0 Å². The van der Waals surface area contributed by atoms with Gasteiger partial charge in [0.25, 0.3) is 5.56 Å². The molecular weight excluding hydrogens is 334 g/mol. The molecule has 2 atom stereocenters. The maximum absolute atomic E-state index is 12.8. The summed E-state index contributed by atoms with van der Waals surface area (Å²) in [7, 11) is 0. The second-order valence-corrected chi connectivity index (χ2v) is 8.64. The van der Waals surface area contributed by atoms with E-state index < -0.39 is 0 Å². The molecule has 3 heterocycles. The molecule has 2 aliphatic rings. The summed E-state index contributed by atoms with van der Waals surface area (Å²) >= 11 is 1.65. The molecule has 4 rings (SSSR count). The number of fused-ring (bicyclic) bond motifs is 1. The minimum atomic E-state index is -0.183. The Labute approximate surface area is 151 Å². The Morgan fingerprint density at radius 3 is 2.80 bits per heavy atom. The molecule has 1 N–H and O–H groups in total. The van der Waals surface area contributed by atoms with Gasteiger partial charge in [0.05, 0.1) is 27.5 Å². The number of thioether (sulfide) groups is 1. The predicted octanol–water partition coefficient (Wildman–Crippen LogP) is 4.19. The molecule has 2 aliphatic heterocycles. The van der Waals surface area contributed by atoms with E-state index >= 15 is 0 Å². The first kappa shape index (κ1) is 16.7. The summed E-state index contributed by atoms with van der Waals surface area (Å²) in [6, 6.07) is 10.4. The van der Waals surface area contributed by atoms with Crippen LogP contribution in [0.4, 0.5) is 5.82 Å². The molecule has 1 fully saturated rings. The predicted molar refractivity (Wildman–Crippen MR) is 102 cm³/mol. The zero-order valence-electron chi connectivity index (χ0n) is 14.8. The van der Waals surface area contributed by atoms with Crippen molar-refractivity contribution in [1.29, 1.82) is 0 Å². The van der Waals surface area contributed by atoms with Gasteiger partial charge in [0, 0.05) is 6.61 Å². The fourth-order valence-electron chi connectivity index (χ4n) is 3.76. The third kappa shape index (κ3) is 3.09. The zero-order chi connectivity index (χ0) is 17.6. The van der Waals surface area contributed by atoms with E-state index in [2.05, 4.69) is 31.1 Å². The van der Waals surface area contributed by atoms with E-state index in [1.54, 1.807) is 11.8 Å². The van der Waals surface area contributed by atoms with Gasteiger partial charge < -0.3 is 4.74 Å². The molecule has 25 heavy (non-hydrogen) atoms. The van der Waals surface area contributed by atoms with Gasteiger partial charge in [-0.25, -0.2) is 4.99 Å². The normalized spacial score (nSPS) is 25.3. The number of hydrogen-bond donors (Lipinski definition) is 1. The smallest absolute Gasteiger partial charge is 0.271 e. The average molecular weight is 357 g/mol. The number of aromatic amines is 1. The number of benzene rings is 1. The van der Waals surface area contributed by atoms with E-state index in [0.29, 0.717) is 6.61 Å². The van der Waals surface area contributed by atoms with E-state index in [-0.39, 0.29) is 22.5 Å². The molecule has 0 radical (unpaired) electrons. The van der Waals surface area contributed by atoms with E-state index in [9.17, 15) is 4.79 Å². The monoisotopic (exact) mass is 357 g/mol. The van der Waals surface area contributed by atoms with Gasteiger partial charge in [-0.3, -0.25) is 14.6 Å². The van der Waals surface area contributed by atoms with Crippen LogP contribution in [0.25, 0.3) is 0 Å². The Bertz CT molecular complexity index is 867. The molecular formula is C19H23N3O2S. The van der Waals surface area contributed by atoms with Crippen LogP contribution in [0, 0.1) is 0 Å². The Morgan fingerprint density at radius 2 is 2.08 bits per heavy atom. The van der Waals surface area contributed by atoms with Gasteiger partial charge in [0.2, 0.25) is 0 Å². The molecule has 0 unspecified atom stereocenters. The largest absolute Gasteiger partial charge is 0.375 e. The van der Waals surface area contributed by atoms with Gasteiger partial charge in [-0.15, -0.1) is 0 Å². The van der Waals surface area contributed by atoms with Crippen LogP contribution in [0.2, 0.25) is 0 Å². The molecule has 5 nitrogen and oxygen atoms in total. The summed E-state index contributed by atoms with van der Waals surface area (Å²) in [5.74, 6) is 0.790. The van der Waals surface area contributed by atoms with E-state index in [1.165, 1.54) is 0 Å². The Hall–Kier alpha value is -1.79. The quantitative estimate of drug-likeness (QED) is 0.876. The van der Waals surface area contributed by atoms with Gasteiger partial charge in [-0.1, -0.05) is 42.1 Å². The molecule has 0 bridgehead atoms. The molecule has 0 saturated carbocycles. The highest BCUT2D eigenvalue weighted by molar-refractivity contribution is 8.14. The number of rotatable bonds is 2. The van der Waals surface area contributed by atoms with Crippen molar-refractivity contribution in [3.63, 3.8) is 0 Å². The molecule has 0 aliphatic carbocycles. The summed E-state index contributed by atoms with van der Waals surface area (Å²) in [6.45, 7) is 6.92. The molecule has 1 aromatic carbocycles. The van der Waals surface area contributed by atoms with Gasteiger partial charge in [-0.2, -0.15) is 0 Å². The Morgan fingerprint density at radius 1 is 1.32 bits per heavy atom. The van der Waals surface area contributed by atoms with E-state index in [0.717, 1.165) is 34.8 Å². The minimum absolute atomic E-state index is 0.00782. The lowest BCUT2D eigenvalue weighted by molar-refractivity contribution is -0.0705. The molecule has 0 amide bonds. The third-order valence-electron chi connectivity index (χ3n) is 4.89. The highest BCUT2D eigenvalue weighted by Gasteiger charge is 2.35. The summed E-state index contributed by atoms with van der Waals surface area (Å²) in [5.41, 5.74) is 1.69.